The molecule has 0 bridgehead atoms. The molecule has 0 spiro atoms. The van der Waals surface area contributed by atoms with Crippen molar-refractivity contribution in [2.45, 2.75) is 56.2 Å². The lowest BCUT2D eigenvalue weighted by atomic mass is 9.88. The molecule has 1 heterocycles. The number of allylic oxidation sites excluding steroid dienone is 2. The molecule has 1 saturated heterocycles. The summed E-state index contributed by atoms with van der Waals surface area (Å²) in [5.74, 6) is 0. The van der Waals surface area contributed by atoms with Crippen LogP contribution in [0.4, 0.5) is 5.69 Å². The number of nitrogens with one attached hydrogen (secondary N) is 1. The minimum atomic E-state index is -0.0702. The highest BCUT2D eigenvalue weighted by Gasteiger charge is 2.35. The third kappa shape index (κ3) is 4.20. The van der Waals surface area contributed by atoms with Crippen molar-refractivity contribution < 1.29 is 4.74 Å². The third-order valence-corrected chi connectivity index (χ3v) is 6.34. The Bertz CT molecular complexity index is 687. The van der Waals surface area contributed by atoms with Crippen molar-refractivity contribution in [3.8, 4) is 0 Å². The largest absolute Gasteiger partial charge is 0.382 e. The lowest BCUT2D eigenvalue weighted by Gasteiger charge is -2.45. The Kier molecular flexibility index (Phi) is 5.80. The number of rotatable bonds is 5. The highest BCUT2D eigenvalue weighted by atomic mass is 16.5. The molecule has 4 rings (SSSR count). The molecular weight excluding hydrogens is 332 g/mol. The molecule has 1 N–H and O–H groups in total. The van der Waals surface area contributed by atoms with Crippen LogP contribution in [0.1, 0.15) is 50.2 Å². The zero-order valence-electron chi connectivity index (χ0n) is 16.3. The summed E-state index contributed by atoms with van der Waals surface area (Å²) in [7, 11) is 0. The number of hydrogen-bond donors (Lipinski definition) is 1. The monoisotopic (exact) mass is 364 g/mol. The van der Waals surface area contributed by atoms with E-state index in [0.717, 1.165) is 26.1 Å². The standard InChI is InChI=1S/C24H32N2O/c1-2-24(15-7-4-8-16-24)26-17-18-27-23(19-26)20-11-13-22(14-12-20)25-21-9-5-3-6-10-21/h2,4,7-8,11-15,21,23,25H,1,3,5-6,9-10,16-19H2/t23-,24-/m1/s1. The smallest absolute Gasteiger partial charge is 0.0952 e. The quantitative estimate of drug-likeness (QED) is 0.723. The van der Waals surface area contributed by atoms with Gasteiger partial charge in [0.1, 0.15) is 0 Å². The van der Waals surface area contributed by atoms with Crippen LogP contribution < -0.4 is 5.32 Å². The van der Waals surface area contributed by atoms with Crippen molar-refractivity contribution in [2.75, 3.05) is 25.0 Å². The van der Waals surface area contributed by atoms with Gasteiger partial charge in [0.2, 0.25) is 0 Å². The van der Waals surface area contributed by atoms with Gasteiger partial charge in [0, 0.05) is 24.8 Å². The average Bonchev–Trinajstić information content (AvgIpc) is 2.76. The molecule has 1 aromatic rings. The second-order valence-electron chi connectivity index (χ2n) is 8.09. The highest BCUT2D eigenvalue weighted by Crippen LogP contribution is 2.33. The molecular formula is C24H32N2O. The predicted octanol–water partition coefficient (Wildman–Crippen LogP) is 5.25. The molecule has 2 atom stereocenters. The normalized spacial score (nSPS) is 29.6. The van der Waals surface area contributed by atoms with Crippen molar-refractivity contribution in [1.82, 2.24) is 4.90 Å². The molecule has 0 amide bonds. The van der Waals surface area contributed by atoms with Crippen LogP contribution >= 0.6 is 0 Å². The van der Waals surface area contributed by atoms with Crippen LogP contribution in [0.15, 0.2) is 61.2 Å². The second kappa shape index (κ2) is 8.45. The van der Waals surface area contributed by atoms with Gasteiger partial charge in [-0.15, -0.1) is 6.58 Å². The van der Waals surface area contributed by atoms with Gasteiger partial charge in [-0.2, -0.15) is 0 Å². The fourth-order valence-electron chi connectivity index (χ4n) is 4.65. The molecule has 0 unspecified atom stereocenters. The van der Waals surface area contributed by atoms with E-state index in [2.05, 4.69) is 71.4 Å². The van der Waals surface area contributed by atoms with Gasteiger partial charge in [0.05, 0.1) is 18.2 Å². The minimum Gasteiger partial charge on any atom is -0.382 e. The first-order chi connectivity index (χ1) is 13.3. The van der Waals surface area contributed by atoms with Crippen molar-refractivity contribution >= 4 is 5.69 Å². The van der Waals surface area contributed by atoms with E-state index in [0.29, 0.717) is 6.04 Å². The summed E-state index contributed by atoms with van der Waals surface area (Å²) in [5.41, 5.74) is 2.43. The van der Waals surface area contributed by atoms with E-state index in [1.807, 2.05) is 0 Å². The molecule has 2 aliphatic carbocycles. The highest BCUT2D eigenvalue weighted by molar-refractivity contribution is 5.46. The van der Waals surface area contributed by atoms with E-state index in [-0.39, 0.29) is 11.6 Å². The maximum atomic E-state index is 6.13. The van der Waals surface area contributed by atoms with E-state index in [1.165, 1.54) is 43.4 Å². The molecule has 0 aromatic heterocycles. The summed E-state index contributed by atoms with van der Waals surface area (Å²) in [5, 5.41) is 3.71. The molecule has 0 radical (unpaired) electrons. The van der Waals surface area contributed by atoms with E-state index < -0.39 is 0 Å². The van der Waals surface area contributed by atoms with Crippen LogP contribution in [0.2, 0.25) is 0 Å². The van der Waals surface area contributed by atoms with Crippen molar-refractivity contribution in [1.29, 1.82) is 0 Å². The van der Waals surface area contributed by atoms with Gasteiger partial charge in [-0.3, -0.25) is 4.90 Å². The SMILES string of the molecule is C=C[C@@]1(N2CCO[C@@H](c3ccc(NC4CCCCC4)cc3)C2)C=CC=CC1. The van der Waals surface area contributed by atoms with Gasteiger partial charge in [-0.1, -0.05) is 61.8 Å². The fraction of sp³-hybridized carbons (Fsp3) is 0.500. The van der Waals surface area contributed by atoms with Gasteiger partial charge < -0.3 is 10.1 Å². The van der Waals surface area contributed by atoms with Crippen LogP contribution in [-0.4, -0.2) is 36.2 Å². The zero-order chi connectivity index (χ0) is 18.5. The van der Waals surface area contributed by atoms with E-state index in [1.54, 1.807) is 0 Å². The molecule has 2 fully saturated rings. The van der Waals surface area contributed by atoms with Gasteiger partial charge in [0.25, 0.3) is 0 Å². The maximum absolute atomic E-state index is 6.13. The van der Waals surface area contributed by atoms with Crippen LogP contribution in [0.25, 0.3) is 0 Å². The molecule has 3 heteroatoms. The van der Waals surface area contributed by atoms with Gasteiger partial charge in [-0.05, 0) is 37.0 Å². The van der Waals surface area contributed by atoms with Crippen LogP contribution in [0.5, 0.6) is 0 Å². The molecule has 1 aromatic carbocycles. The summed E-state index contributed by atoms with van der Waals surface area (Å²) >= 11 is 0. The number of nitrogens with zero attached hydrogens (tertiary/aromatic N) is 1. The topological polar surface area (TPSA) is 24.5 Å². The minimum absolute atomic E-state index is 0.0702. The van der Waals surface area contributed by atoms with E-state index >= 15 is 0 Å². The molecule has 144 valence electrons. The molecule has 3 nitrogen and oxygen atoms in total. The summed E-state index contributed by atoms with van der Waals surface area (Å²) < 4.78 is 6.13. The van der Waals surface area contributed by atoms with Crippen LogP contribution in [-0.2, 0) is 4.74 Å². The number of benzene rings is 1. The third-order valence-electron chi connectivity index (χ3n) is 6.34. The Labute approximate surface area is 163 Å². The number of ether oxygens (including phenoxy) is 1. The Morgan fingerprint density at radius 2 is 1.93 bits per heavy atom. The maximum Gasteiger partial charge on any atom is 0.0952 e. The summed E-state index contributed by atoms with van der Waals surface area (Å²) in [6.45, 7) is 6.73. The molecule has 1 aliphatic heterocycles. The summed E-state index contributed by atoms with van der Waals surface area (Å²) in [6, 6.07) is 9.55. The first kappa shape index (κ1) is 18.5. The lowest BCUT2D eigenvalue weighted by molar-refractivity contribution is -0.0511. The van der Waals surface area contributed by atoms with Gasteiger partial charge in [-0.25, -0.2) is 0 Å². The van der Waals surface area contributed by atoms with Gasteiger partial charge >= 0.3 is 0 Å². The average molecular weight is 365 g/mol. The Balaban J connectivity index is 1.41. The van der Waals surface area contributed by atoms with Crippen molar-refractivity contribution in [3.63, 3.8) is 0 Å². The fourth-order valence-corrected chi connectivity index (χ4v) is 4.65. The Hall–Kier alpha value is -1.84. The molecule has 1 saturated carbocycles. The van der Waals surface area contributed by atoms with Gasteiger partial charge in [0.15, 0.2) is 0 Å². The molecule has 27 heavy (non-hydrogen) atoms. The van der Waals surface area contributed by atoms with Crippen LogP contribution in [0.3, 0.4) is 0 Å². The van der Waals surface area contributed by atoms with Crippen molar-refractivity contribution in [2.24, 2.45) is 0 Å². The van der Waals surface area contributed by atoms with Crippen molar-refractivity contribution in [3.05, 3.63) is 66.8 Å². The van der Waals surface area contributed by atoms with Crippen LogP contribution in [0, 0.1) is 0 Å². The zero-order valence-corrected chi connectivity index (χ0v) is 16.3. The number of morpholine rings is 1. The second-order valence-corrected chi connectivity index (χ2v) is 8.09. The Morgan fingerprint density at radius 3 is 2.63 bits per heavy atom. The first-order valence-electron chi connectivity index (χ1n) is 10.5. The molecule has 3 aliphatic rings. The summed E-state index contributed by atoms with van der Waals surface area (Å²) in [6.07, 6.45) is 18.7. The summed E-state index contributed by atoms with van der Waals surface area (Å²) in [4.78, 5) is 2.52. The van der Waals surface area contributed by atoms with E-state index in [9.17, 15) is 0 Å². The Morgan fingerprint density at radius 1 is 1.11 bits per heavy atom. The number of anilines is 1. The lowest BCUT2D eigenvalue weighted by Crippen LogP contribution is -2.52. The first-order valence-corrected chi connectivity index (χ1v) is 10.5. The predicted molar refractivity (Wildman–Crippen MR) is 113 cm³/mol. The van der Waals surface area contributed by atoms with E-state index in [4.69, 9.17) is 4.74 Å². The number of hydrogen-bond acceptors (Lipinski definition) is 3.